The van der Waals surface area contributed by atoms with E-state index in [0.717, 1.165) is 22.4 Å². The molecule has 0 fully saturated rings. The molecule has 2 aromatic rings. The lowest BCUT2D eigenvalue weighted by molar-refractivity contribution is 0.219. The van der Waals surface area contributed by atoms with Gasteiger partial charge in [0.05, 0.1) is 7.11 Å². The number of ether oxygens (including phenoxy) is 1. The van der Waals surface area contributed by atoms with Crippen LogP contribution >= 0.6 is 0 Å². The number of methoxy groups -OCH3 is 1. The van der Waals surface area contributed by atoms with Crippen LogP contribution in [0.2, 0.25) is 0 Å². The summed E-state index contributed by atoms with van der Waals surface area (Å²) in [6.45, 7) is 3.71. The van der Waals surface area contributed by atoms with Crippen molar-refractivity contribution in [3.05, 3.63) is 64.5 Å². The highest BCUT2D eigenvalue weighted by Gasteiger charge is 2.14. The zero-order valence-corrected chi connectivity index (χ0v) is 11.3. The Labute approximate surface area is 112 Å². The molecule has 0 aliphatic rings. The maximum absolute atomic E-state index is 13.1. The fourth-order valence-corrected chi connectivity index (χ4v) is 2.20. The molecule has 1 N–H and O–H groups in total. The van der Waals surface area contributed by atoms with E-state index in [1.54, 1.807) is 20.1 Å². The maximum Gasteiger partial charge on any atom is 0.123 e. The number of hydrogen-bond donors (Lipinski definition) is 1. The van der Waals surface area contributed by atoms with E-state index in [2.05, 4.69) is 0 Å². The molecule has 0 spiro atoms. The Morgan fingerprint density at radius 3 is 2.37 bits per heavy atom. The van der Waals surface area contributed by atoms with Crippen LogP contribution < -0.4 is 4.74 Å². The minimum Gasteiger partial charge on any atom is -0.496 e. The third-order valence-corrected chi connectivity index (χ3v) is 3.26. The molecule has 2 nitrogen and oxygen atoms in total. The predicted octanol–water partition coefficient (Wildman–Crippen LogP) is 3.53. The van der Waals surface area contributed by atoms with Gasteiger partial charge in [-0.3, -0.25) is 0 Å². The fourth-order valence-electron chi connectivity index (χ4n) is 2.20. The van der Waals surface area contributed by atoms with Crippen LogP contribution in [0.25, 0.3) is 0 Å². The van der Waals surface area contributed by atoms with E-state index in [1.165, 1.54) is 12.1 Å². The minimum absolute atomic E-state index is 0.292. The molecular weight excluding hydrogens is 243 g/mol. The number of halogens is 1. The largest absolute Gasteiger partial charge is 0.496 e. The van der Waals surface area contributed by atoms with E-state index in [9.17, 15) is 9.50 Å². The first kappa shape index (κ1) is 13.6. The number of aryl methyl sites for hydroxylation is 2. The molecule has 0 aliphatic heterocycles. The van der Waals surface area contributed by atoms with Crippen molar-refractivity contribution in [1.29, 1.82) is 0 Å². The van der Waals surface area contributed by atoms with Crippen LogP contribution in [0.15, 0.2) is 36.4 Å². The zero-order valence-electron chi connectivity index (χ0n) is 11.3. The number of rotatable bonds is 3. The Hall–Kier alpha value is -1.87. The standard InChI is InChI=1S/C16H17FO2/c1-10-9-13(17)5-6-14(10)16(18)12-4-7-15(19-3)11(2)8-12/h4-9,16,18H,1-3H3. The lowest BCUT2D eigenvalue weighted by atomic mass is 9.96. The average molecular weight is 260 g/mol. The van der Waals surface area contributed by atoms with E-state index in [-0.39, 0.29) is 5.82 Å². The van der Waals surface area contributed by atoms with E-state index in [4.69, 9.17) is 4.74 Å². The molecule has 2 aromatic carbocycles. The van der Waals surface area contributed by atoms with Gasteiger partial charge < -0.3 is 9.84 Å². The van der Waals surface area contributed by atoms with Gasteiger partial charge in [-0.15, -0.1) is 0 Å². The molecule has 0 heterocycles. The summed E-state index contributed by atoms with van der Waals surface area (Å²) in [6.07, 6.45) is -0.759. The molecule has 0 amide bonds. The Morgan fingerprint density at radius 1 is 1.05 bits per heavy atom. The summed E-state index contributed by atoms with van der Waals surface area (Å²) >= 11 is 0. The first-order chi connectivity index (χ1) is 9.02. The van der Waals surface area contributed by atoms with Crippen molar-refractivity contribution in [2.45, 2.75) is 20.0 Å². The normalized spacial score (nSPS) is 12.3. The Morgan fingerprint density at radius 2 is 1.79 bits per heavy atom. The van der Waals surface area contributed by atoms with Crippen molar-refractivity contribution in [2.24, 2.45) is 0 Å². The molecule has 0 bridgehead atoms. The summed E-state index contributed by atoms with van der Waals surface area (Å²) in [4.78, 5) is 0. The lowest BCUT2D eigenvalue weighted by Crippen LogP contribution is -2.03. The summed E-state index contributed by atoms with van der Waals surface area (Å²) in [5.74, 6) is 0.492. The van der Waals surface area contributed by atoms with Gasteiger partial charge in [0, 0.05) is 0 Å². The number of benzene rings is 2. The molecule has 19 heavy (non-hydrogen) atoms. The van der Waals surface area contributed by atoms with Gasteiger partial charge in [-0.1, -0.05) is 12.1 Å². The van der Waals surface area contributed by atoms with Crippen molar-refractivity contribution >= 4 is 0 Å². The fraction of sp³-hybridized carbons (Fsp3) is 0.250. The zero-order chi connectivity index (χ0) is 14.0. The minimum atomic E-state index is -0.759. The van der Waals surface area contributed by atoms with Crippen molar-refractivity contribution in [3.8, 4) is 5.75 Å². The molecule has 0 aliphatic carbocycles. The predicted molar refractivity (Wildman–Crippen MR) is 72.9 cm³/mol. The van der Waals surface area contributed by atoms with E-state index < -0.39 is 6.10 Å². The van der Waals surface area contributed by atoms with Gasteiger partial charge in [0.1, 0.15) is 17.7 Å². The molecule has 3 heteroatoms. The molecule has 100 valence electrons. The van der Waals surface area contributed by atoms with Gasteiger partial charge in [-0.25, -0.2) is 4.39 Å². The first-order valence-corrected chi connectivity index (χ1v) is 6.11. The topological polar surface area (TPSA) is 29.5 Å². The molecule has 0 aromatic heterocycles. The Kier molecular flexibility index (Phi) is 3.86. The smallest absolute Gasteiger partial charge is 0.123 e. The highest BCUT2D eigenvalue weighted by Crippen LogP contribution is 2.28. The summed E-state index contributed by atoms with van der Waals surface area (Å²) < 4.78 is 18.3. The van der Waals surface area contributed by atoms with Crippen LogP contribution in [-0.4, -0.2) is 12.2 Å². The summed E-state index contributed by atoms with van der Waals surface area (Å²) in [5, 5.41) is 10.4. The van der Waals surface area contributed by atoms with Crippen LogP contribution in [0.3, 0.4) is 0 Å². The van der Waals surface area contributed by atoms with Gasteiger partial charge in [0.15, 0.2) is 0 Å². The second-order valence-corrected chi connectivity index (χ2v) is 4.63. The van der Waals surface area contributed by atoms with Crippen LogP contribution in [-0.2, 0) is 0 Å². The second kappa shape index (κ2) is 5.41. The highest BCUT2D eigenvalue weighted by atomic mass is 19.1. The lowest BCUT2D eigenvalue weighted by Gasteiger charge is -2.16. The van der Waals surface area contributed by atoms with Crippen molar-refractivity contribution in [1.82, 2.24) is 0 Å². The molecule has 1 unspecified atom stereocenters. The summed E-state index contributed by atoms with van der Waals surface area (Å²) in [6, 6.07) is 9.93. The monoisotopic (exact) mass is 260 g/mol. The number of aliphatic hydroxyl groups excluding tert-OH is 1. The second-order valence-electron chi connectivity index (χ2n) is 4.63. The van der Waals surface area contributed by atoms with E-state index in [0.29, 0.717) is 5.56 Å². The van der Waals surface area contributed by atoms with Crippen molar-refractivity contribution in [3.63, 3.8) is 0 Å². The maximum atomic E-state index is 13.1. The Balaban J connectivity index is 2.38. The number of aliphatic hydroxyl groups is 1. The number of hydrogen-bond acceptors (Lipinski definition) is 2. The van der Waals surface area contributed by atoms with Gasteiger partial charge in [0.2, 0.25) is 0 Å². The molecule has 0 saturated carbocycles. The molecule has 2 rings (SSSR count). The summed E-state index contributed by atoms with van der Waals surface area (Å²) in [5.41, 5.74) is 3.18. The Bertz CT molecular complexity index is 593. The average Bonchev–Trinajstić information content (AvgIpc) is 2.38. The van der Waals surface area contributed by atoms with Crippen molar-refractivity contribution < 1.29 is 14.2 Å². The van der Waals surface area contributed by atoms with Crippen LogP contribution in [0, 0.1) is 19.7 Å². The van der Waals surface area contributed by atoms with E-state index >= 15 is 0 Å². The van der Waals surface area contributed by atoms with Crippen molar-refractivity contribution in [2.75, 3.05) is 7.11 Å². The van der Waals surface area contributed by atoms with Gasteiger partial charge in [-0.2, -0.15) is 0 Å². The van der Waals surface area contributed by atoms with Crippen LogP contribution in [0.4, 0.5) is 4.39 Å². The third kappa shape index (κ3) is 2.76. The van der Waals surface area contributed by atoms with Crippen LogP contribution in [0.5, 0.6) is 5.75 Å². The summed E-state index contributed by atoms with van der Waals surface area (Å²) in [7, 11) is 1.61. The SMILES string of the molecule is COc1ccc(C(O)c2ccc(F)cc2C)cc1C. The quantitative estimate of drug-likeness (QED) is 0.914. The highest BCUT2D eigenvalue weighted by molar-refractivity contribution is 5.41. The van der Waals surface area contributed by atoms with Gasteiger partial charge in [0.25, 0.3) is 0 Å². The van der Waals surface area contributed by atoms with Gasteiger partial charge in [-0.05, 0) is 60.4 Å². The molecule has 0 radical (unpaired) electrons. The molecule has 1 atom stereocenters. The molecule has 0 saturated heterocycles. The van der Waals surface area contributed by atoms with Gasteiger partial charge >= 0.3 is 0 Å². The first-order valence-electron chi connectivity index (χ1n) is 6.11. The third-order valence-electron chi connectivity index (χ3n) is 3.26. The van der Waals surface area contributed by atoms with Crippen LogP contribution in [0.1, 0.15) is 28.4 Å². The molecular formula is C16H17FO2. The van der Waals surface area contributed by atoms with E-state index in [1.807, 2.05) is 25.1 Å².